The van der Waals surface area contributed by atoms with Crippen LogP contribution in [0, 0.1) is 5.82 Å². The molecule has 2 rings (SSSR count). The smallest absolute Gasteiger partial charge is 0.337 e. The Hall–Kier alpha value is -2.27. The number of hydrogen-bond acceptors (Lipinski definition) is 3. The average Bonchev–Trinajstić information content (AvgIpc) is 2.47. The molecule has 110 valence electrons. The van der Waals surface area contributed by atoms with Gasteiger partial charge in [0.25, 0.3) is 0 Å². The van der Waals surface area contributed by atoms with Gasteiger partial charge in [0.2, 0.25) is 0 Å². The topological polar surface area (TPSA) is 55.8 Å². The first-order valence-electron chi connectivity index (χ1n) is 6.00. The molecule has 0 bridgehead atoms. The lowest BCUT2D eigenvalue weighted by molar-refractivity contribution is 0.0696. The zero-order valence-corrected chi connectivity index (χ0v) is 11.9. The van der Waals surface area contributed by atoms with E-state index in [2.05, 4.69) is 0 Å². The van der Waals surface area contributed by atoms with E-state index in [-0.39, 0.29) is 22.9 Å². The summed E-state index contributed by atoms with van der Waals surface area (Å²) in [5, 5.41) is 9.08. The van der Waals surface area contributed by atoms with Crippen molar-refractivity contribution in [3.05, 3.63) is 58.4 Å². The van der Waals surface area contributed by atoms with Gasteiger partial charge in [0, 0.05) is 5.56 Å². The van der Waals surface area contributed by atoms with E-state index in [4.69, 9.17) is 26.2 Å². The lowest BCUT2D eigenvalue weighted by Crippen LogP contribution is -2.02. The van der Waals surface area contributed by atoms with Gasteiger partial charge < -0.3 is 14.6 Å². The maximum absolute atomic E-state index is 13.9. The number of ether oxygens (including phenoxy) is 2. The fraction of sp³-hybridized carbons (Fsp3) is 0.133. The highest BCUT2D eigenvalue weighted by molar-refractivity contribution is 6.33. The van der Waals surface area contributed by atoms with E-state index in [9.17, 15) is 9.18 Å². The fourth-order valence-corrected chi connectivity index (χ4v) is 1.94. The van der Waals surface area contributed by atoms with E-state index >= 15 is 0 Å². The van der Waals surface area contributed by atoms with Crippen molar-refractivity contribution in [3.63, 3.8) is 0 Å². The SMILES string of the molecule is COc1cccc(COc2ccc(Cl)c(C(=O)O)c2)c1F. The summed E-state index contributed by atoms with van der Waals surface area (Å²) in [5.74, 6) is -1.25. The molecule has 0 heterocycles. The van der Waals surface area contributed by atoms with Gasteiger partial charge in [-0.05, 0) is 24.3 Å². The Balaban J connectivity index is 2.17. The van der Waals surface area contributed by atoms with E-state index in [1.54, 1.807) is 12.1 Å². The molecule has 4 nitrogen and oxygen atoms in total. The molecule has 21 heavy (non-hydrogen) atoms. The summed E-state index contributed by atoms with van der Waals surface area (Å²) in [6.45, 7) is -0.0519. The van der Waals surface area contributed by atoms with Gasteiger partial charge in [-0.3, -0.25) is 0 Å². The second-order valence-corrected chi connectivity index (χ2v) is 4.58. The van der Waals surface area contributed by atoms with Crippen LogP contribution < -0.4 is 9.47 Å². The van der Waals surface area contributed by atoms with Crippen molar-refractivity contribution in [2.45, 2.75) is 6.61 Å². The second kappa shape index (κ2) is 6.45. The number of carboxylic acid groups (broad SMARTS) is 1. The number of carbonyl (C=O) groups is 1. The van der Waals surface area contributed by atoms with Crippen molar-refractivity contribution < 1.29 is 23.8 Å². The van der Waals surface area contributed by atoms with Gasteiger partial charge in [0.15, 0.2) is 11.6 Å². The van der Waals surface area contributed by atoms with Crippen molar-refractivity contribution in [2.24, 2.45) is 0 Å². The number of rotatable bonds is 5. The number of hydrogen-bond donors (Lipinski definition) is 1. The Morgan fingerprint density at radius 3 is 2.76 bits per heavy atom. The van der Waals surface area contributed by atoms with Gasteiger partial charge in [-0.2, -0.15) is 0 Å². The molecule has 0 atom stereocenters. The summed E-state index contributed by atoms with van der Waals surface area (Å²) < 4.78 is 24.2. The van der Waals surface area contributed by atoms with Gasteiger partial charge in [-0.1, -0.05) is 23.7 Å². The summed E-state index contributed by atoms with van der Waals surface area (Å²) in [7, 11) is 1.38. The van der Waals surface area contributed by atoms with Crippen molar-refractivity contribution in [3.8, 4) is 11.5 Å². The molecule has 2 aromatic rings. The normalized spacial score (nSPS) is 10.2. The van der Waals surface area contributed by atoms with E-state index in [1.165, 1.54) is 31.4 Å². The van der Waals surface area contributed by atoms with Crippen LogP contribution in [0.3, 0.4) is 0 Å². The molecule has 0 saturated carbocycles. The number of halogens is 2. The van der Waals surface area contributed by atoms with Gasteiger partial charge in [0.1, 0.15) is 12.4 Å². The van der Waals surface area contributed by atoms with Gasteiger partial charge in [-0.25, -0.2) is 9.18 Å². The molecule has 0 spiro atoms. The molecule has 0 aromatic heterocycles. The van der Waals surface area contributed by atoms with Crippen molar-refractivity contribution in [1.29, 1.82) is 0 Å². The predicted molar refractivity (Wildman–Crippen MR) is 75.7 cm³/mol. The fourth-order valence-electron chi connectivity index (χ4n) is 1.74. The molecule has 0 amide bonds. The van der Waals surface area contributed by atoms with E-state index in [0.717, 1.165) is 0 Å². The molecule has 0 saturated heterocycles. The molecule has 0 aliphatic carbocycles. The van der Waals surface area contributed by atoms with Crippen LogP contribution >= 0.6 is 11.6 Å². The monoisotopic (exact) mass is 310 g/mol. The first-order chi connectivity index (χ1) is 10.0. The van der Waals surface area contributed by atoms with Crippen LogP contribution in [0.15, 0.2) is 36.4 Å². The van der Waals surface area contributed by atoms with E-state index < -0.39 is 11.8 Å². The maximum atomic E-state index is 13.9. The van der Waals surface area contributed by atoms with Crippen LogP contribution in [0.2, 0.25) is 5.02 Å². The molecule has 0 fully saturated rings. The zero-order chi connectivity index (χ0) is 15.4. The van der Waals surface area contributed by atoms with Crippen molar-refractivity contribution in [1.82, 2.24) is 0 Å². The Morgan fingerprint density at radius 2 is 2.10 bits per heavy atom. The summed E-state index contributed by atoms with van der Waals surface area (Å²) in [5.41, 5.74) is 0.237. The number of carboxylic acids is 1. The predicted octanol–water partition coefficient (Wildman–Crippen LogP) is 3.76. The van der Waals surface area contributed by atoms with Crippen LogP contribution in [-0.2, 0) is 6.61 Å². The zero-order valence-electron chi connectivity index (χ0n) is 11.1. The highest BCUT2D eigenvalue weighted by atomic mass is 35.5. The summed E-state index contributed by atoms with van der Waals surface area (Å²) in [6, 6.07) is 8.94. The molecule has 1 N–H and O–H groups in total. The lowest BCUT2D eigenvalue weighted by atomic mass is 10.2. The molecule has 2 aromatic carbocycles. The largest absolute Gasteiger partial charge is 0.494 e. The van der Waals surface area contributed by atoms with Gasteiger partial charge >= 0.3 is 5.97 Å². The minimum Gasteiger partial charge on any atom is -0.494 e. The van der Waals surface area contributed by atoms with Crippen molar-refractivity contribution in [2.75, 3.05) is 7.11 Å². The third-order valence-electron chi connectivity index (χ3n) is 2.83. The average molecular weight is 311 g/mol. The molecule has 0 aliphatic rings. The Kier molecular flexibility index (Phi) is 4.65. The van der Waals surface area contributed by atoms with Gasteiger partial charge in [-0.15, -0.1) is 0 Å². The highest BCUT2D eigenvalue weighted by Gasteiger charge is 2.12. The second-order valence-electron chi connectivity index (χ2n) is 4.17. The third-order valence-corrected chi connectivity index (χ3v) is 3.16. The first kappa shape index (κ1) is 15.1. The molecule has 0 aliphatic heterocycles. The Bertz CT molecular complexity index is 673. The first-order valence-corrected chi connectivity index (χ1v) is 6.37. The lowest BCUT2D eigenvalue weighted by Gasteiger charge is -2.10. The summed E-state index contributed by atoms with van der Waals surface area (Å²) in [4.78, 5) is 11.0. The highest BCUT2D eigenvalue weighted by Crippen LogP contribution is 2.25. The van der Waals surface area contributed by atoms with Gasteiger partial charge in [0.05, 0.1) is 17.7 Å². The number of benzene rings is 2. The summed E-state index contributed by atoms with van der Waals surface area (Å²) in [6.07, 6.45) is 0. The number of aromatic carboxylic acids is 1. The van der Waals surface area contributed by atoms with Crippen molar-refractivity contribution >= 4 is 17.6 Å². The summed E-state index contributed by atoms with van der Waals surface area (Å²) >= 11 is 5.76. The minimum atomic E-state index is -1.15. The van der Waals surface area contributed by atoms with E-state index in [1.807, 2.05) is 0 Å². The maximum Gasteiger partial charge on any atom is 0.337 e. The molecule has 0 radical (unpaired) electrons. The quantitative estimate of drug-likeness (QED) is 0.913. The molecule has 6 heteroatoms. The molecular formula is C15H12ClFO4. The molecule has 0 unspecified atom stereocenters. The van der Waals surface area contributed by atoms with Crippen LogP contribution in [0.4, 0.5) is 4.39 Å². The van der Waals surface area contributed by atoms with Crippen LogP contribution in [0.5, 0.6) is 11.5 Å². The van der Waals surface area contributed by atoms with Crippen LogP contribution in [-0.4, -0.2) is 18.2 Å². The number of methoxy groups -OCH3 is 1. The minimum absolute atomic E-state index is 0.0519. The van der Waals surface area contributed by atoms with Crippen LogP contribution in [0.25, 0.3) is 0 Å². The third kappa shape index (κ3) is 3.44. The Morgan fingerprint density at radius 1 is 1.33 bits per heavy atom. The Labute approximate surface area is 125 Å². The standard InChI is InChI=1S/C15H12ClFO4/c1-20-13-4-2-3-9(14(13)17)8-21-10-5-6-12(16)11(7-10)15(18)19/h2-7H,8H2,1H3,(H,18,19). The van der Waals surface area contributed by atoms with E-state index in [0.29, 0.717) is 11.3 Å². The molecular weight excluding hydrogens is 299 g/mol. The van der Waals surface area contributed by atoms with Crippen LogP contribution in [0.1, 0.15) is 15.9 Å².